The van der Waals surface area contributed by atoms with Crippen LogP contribution in [0.3, 0.4) is 0 Å². The first-order chi connectivity index (χ1) is 15.4. The molecule has 2 aromatic rings. The summed E-state index contributed by atoms with van der Waals surface area (Å²) in [5.74, 6) is 0.941. The van der Waals surface area contributed by atoms with Crippen LogP contribution in [0.2, 0.25) is 0 Å². The molecule has 1 aromatic heterocycles. The van der Waals surface area contributed by atoms with Crippen molar-refractivity contribution >= 4 is 17.7 Å². The van der Waals surface area contributed by atoms with Crippen LogP contribution >= 0.6 is 0 Å². The number of aryl methyl sites for hydroxylation is 1. The van der Waals surface area contributed by atoms with Crippen LogP contribution in [-0.2, 0) is 11.3 Å². The first-order valence-corrected chi connectivity index (χ1v) is 10.4. The van der Waals surface area contributed by atoms with Gasteiger partial charge in [0.15, 0.2) is 17.5 Å². The molecule has 0 saturated carbocycles. The van der Waals surface area contributed by atoms with Gasteiger partial charge in [-0.15, -0.1) is 0 Å². The van der Waals surface area contributed by atoms with Crippen molar-refractivity contribution in [3.63, 3.8) is 0 Å². The van der Waals surface area contributed by atoms with Gasteiger partial charge in [0.2, 0.25) is 5.91 Å². The monoisotopic (exact) mass is 449 g/mol. The highest BCUT2D eigenvalue weighted by atomic mass is 19.3. The molecule has 10 heteroatoms. The second-order valence-corrected chi connectivity index (χ2v) is 6.70. The van der Waals surface area contributed by atoms with Crippen molar-refractivity contribution in [1.29, 1.82) is 0 Å². The van der Waals surface area contributed by atoms with E-state index in [4.69, 9.17) is 4.74 Å². The molecule has 8 nitrogen and oxygen atoms in total. The van der Waals surface area contributed by atoms with Gasteiger partial charge in [0.25, 0.3) is 0 Å². The van der Waals surface area contributed by atoms with Gasteiger partial charge < -0.3 is 25.4 Å². The third-order valence-corrected chi connectivity index (χ3v) is 4.14. The SMILES string of the molecule is CCNC(=NCc1cccc(OCC)c1OC(F)F)NCCC(=O)Nc1ccc(C)cn1. The van der Waals surface area contributed by atoms with Crippen molar-refractivity contribution < 1.29 is 23.0 Å². The summed E-state index contributed by atoms with van der Waals surface area (Å²) in [6.07, 6.45) is 1.87. The number of anilines is 1. The fourth-order valence-corrected chi connectivity index (χ4v) is 2.73. The molecule has 32 heavy (non-hydrogen) atoms. The average Bonchev–Trinajstić information content (AvgIpc) is 2.75. The van der Waals surface area contributed by atoms with Gasteiger partial charge in [-0.2, -0.15) is 8.78 Å². The number of alkyl halides is 2. The van der Waals surface area contributed by atoms with Crippen molar-refractivity contribution in [3.8, 4) is 11.5 Å². The number of hydrogen-bond donors (Lipinski definition) is 3. The second-order valence-electron chi connectivity index (χ2n) is 6.70. The number of rotatable bonds is 11. The van der Waals surface area contributed by atoms with Crippen LogP contribution in [0.4, 0.5) is 14.6 Å². The minimum absolute atomic E-state index is 0.0334. The van der Waals surface area contributed by atoms with Crippen molar-refractivity contribution in [2.45, 2.75) is 40.3 Å². The van der Waals surface area contributed by atoms with E-state index in [0.717, 1.165) is 5.56 Å². The molecular weight excluding hydrogens is 420 g/mol. The Morgan fingerprint density at radius 1 is 1.19 bits per heavy atom. The highest BCUT2D eigenvalue weighted by molar-refractivity contribution is 5.90. The lowest BCUT2D eigenvalue weighted by Gasteiger charge is -2.15. The van der Waals surface area contributed by atoms with Gasteiger partial charge in [0.1, 0.15) is 5.82 Å². The smallest absolute Gasteiger partial charge is 0.387 e. The van der Waals surface area contributed by atoms with E-state index in [1.807, 2.05) is 19.9 Å². The lowest BCUT2D eigenvalue weighted by Crippen LogP contribution is -2.38. The number of nitrogens with zero attached hydrogens (tertiary/aromatic N) is 2. The Morgan fingerprint density at radius 2 is 2.00 bits per heavy atom. The van der Waals surface area contributed by atoms with Gasteiger partial charge in [0, 0.05) is 31.3 Å². The van der Waals surface area contributed by atoms with Gasteiger partial charge in [-0.05, 0) is 38.5 Å². The number of benzene rings is 1. The lowest BCUT2D eigenvalue weighted by atomic mass is 10.2. The van der Waals surface area contributed by atoms with Gasteiger partial charge in [0.05, 0.1) is 13.2 Å². The fraction of sp³-hybridized carbons (Fsp3) is 0.409. The lowest BCUT2D eigenvalue weighted by molar-refractivity contribution is -0.116. The van der Waals surface area contributed by atoms with E-state index in [-0.39, 0.29) is 30.4 Å². The Morgan fingerprint density at radius 3 is 2.66 bits per heavy atom. The molecule has 1 heterocycles. The molecule has 0 spiro atoms. The van der Waals surface area contributed by atoms with E-state index >= 15 is 0 Å². The minimum atomic E-state index is -2.98. The predicted molar refractivity (Wildman–Crippen MR) is 119 cm³/mol. The molecule has 1 aromatic carbocycles. The number of hydrogen-bond acceptors (Lipinski definition) is 5. The van der Waals surface area contributed by atoms with E-state index in [2.05, 4.69) is 30.7 Å². The average molecular weight is 450 g/mol. The van der Waals surface area contributed by atoms with Crippen molar-refractivity contribution in [2.24, 2.45) is 4.99 Å². The van der Waals surface area contributed by atoms with Crippen LogP contribution in [0.5, 0.6) is 11.5 Å². The molecule has 0 atom stereocenters. The maximum absolute atomic E-state index is 12.9. The molecule has 0 aliphatic rings. The molecular formula is C22H29F2N5O3. The number of ether oxygens (including phenoxy) is 2. The molecule has 0 unspecified atom stereocenters. The summed E-state index contributed by atoms with van der Waals surface area (Å²) in [5.41, 5.74) is 1.46. The third kappa shape index (κ3) is 8.37. The largest absolute Gasteiger partial charge is 0.490 e. The maximum atomic E-state index is 12.9. The number of carbonyl (C=O) groups excluding carboxylic acids is 1. The summed E-state index contributed by atoms with van der Waals surface area (Å²) < 4.78 is 35.8. The Bertz CT molecular complexity index is 892. The molecule has 3 N–H and O–H groups in total. The normalized spacial score (nSPS) is 11.2. The highest BCUT2D eigenvalue weighted by Crippen LogP contribution is 2.33. The predicted octanol–water partition coefficient (Wildman–Crippen LogP) is 3.47. The second kappa shape index (κ2) is 13.1. The minimum Gasteiger partial charge on any atom is -0.490 e. The zero-order valence-corrected chi connectivity index (χ0v) is 18.5. The third-order valence-electron chi connectivity index (χ3n) is 4.14. The summed E-state index contributed by atoms with van der Waals surface area (Å²) in [5, 5.41) is 8.84. The number of guanidine groups is 1. The van der Waals surface area contributed by atoms with Crippen LogP contribution in [0.15, 0.2) is 41.5 Å². The first kappa shape index (κ1) is 24.8. The Labute approximate surface area is 186 Å². The maximum Gasteiger partial charge on any atom is 0.387 e. The molecule has 0 saturated heterocycles. The molecule has 0 aliphatic carbocycles. The van der Waals surface area contributed by atoms with Crippen LogP contribution in [-0.4, -0.2) is 43.2 Å². The van der Waals surface area contributed by atoms with Gasteiger partial charge in [-0.25, -0.2) is 9.98 Å². The number of aromatic nitrogens is 1. The standard InChI is InChI=1S/C22H29F2N5O3/c1-4-25-22(26-12-11-19(30)29-18-10-9-15(3)13-27-18)28-14-16-7-6-8-17(31-5-2)20(16)32-21(23)24/h6-10,13,21H,4-5,11-12,14H2,1-3H3,(H2,25,26,28)(H,27,29,30). The number of pyridine rings is 1. The van der Waals surface area contributed by atoms with Crippen LogP contribution in [0, 0.1) is 6.92 Å². The van der Waals surface area contributed by atoms with Crippen LogP contribution in [0.25, 0.3) is 0 Å². The number of halogens is 2. The number of amides is 1. The van der Waals surface area contributed by atoms with Crippen LogP contribution in [0.1, 0.15) is 31.4 Å². The summed E-state index contributed by atoms with van der Waals surface area (Å²) in [4.78, 5) is 20.7. The van der Waals surface area contributed by atoms with E-state index < -0.39 is 6.61 Å². The summed E-state index contributed by atoms with van der Waals surface area (Å²) in [6, 6.07) is 8.51. The molecule has 2 rings (SSSR count). The van der Waals surface area contributed by atoms with Gasteiger partial charge >= 0.3 is 6.61 Å². The van der Waals surface area contributed by atoms with E-state index in [9.17, 15) is 13.6 Å². The van der Waals surface area contributed by atoms with Gasteiger partial charge in [-0.3, -0.25) is 4.79 Å². The Kier molecular flexibility index (Phi) is 10.2. The summed E-state index contributed by atoms with van der Waals surface area (Å²) >= 11 is 0. The number of aliphatic imine (C=N–C) groups is 1. The fourth-order valence-electron chi connectivity index (χ4n) is 2.73. The first-order valence-electron chi connectivity index (χ1n) is 10.4. The molecule has 174 valence electrons. The molecule has 0 bridgehead atoms. The Balaban J connectivity index is 1.98. The highest BCUT2D eigenvalue weighted by Gasteiger charge is 2.15. The topological polar surface area (TPSA) is 96.9 Å². The van der Waals surface area contributed by atoms with Crippen molar-refractivity contribution in [2.75, 3.05) is 25.0 Å². The number of para-hydroxylation sites is 1. The Hall–Kier alpha value is -3.43. The molecule has 1 amide bonds. The van der Waals surface area contributed by atoms with E-state index in [0.29, 0.717) is 37.0 Å². The summed E-state index contributed by atoms with van der Waals surface area (Å²) in [7, 11) is 0. The quantitative estimate of drug-likeness (QED) is 0.359. The van der Waals surface area contributed by atoms with E-state index in [1.54, 1.807) is 37.4 Å². The zero-order valence-electron chi connectivity index (χ0n) is 18.5. The zero-order chi connectivity index (χ0) is 23.3. The van der Waals surface area contributed by atoms with Crippen molar-refractivity contribution in [1.82, 2.24) is 15.6 Å². The van der Waals surface area contributed by atoms with E-state index in [1.165, 1.54) is 0 Å². The number of carbonyl (C=O) groups is 1. The van der Waals surface area contributed by atoms with Crippen molar-refractivity contribution in [3.05, 3.63) is 47.7 Å². The molecule has 0 aliphatic heterocycles. The molecule has 0 radical (unpaired) electrons. The number of nitrogens with one attached hydrogen (secondary N) is 3. The summed E-state index contributed by atoms with van der Waals surface area (Å²) in [6.45, 7) is 3.90. The van der Waals surface area contributed by atoms with Gasteiger partial charge in [-0.1, -0.05) is 18.2 Å². The molecule has 0 fully saturated rings. The van der Waals surface area contributed by atoms with Crippen LogP contribution < -0.4 is 25.4 Å².